The molecule has 0 saturated carbocycles. The molecule has 2 atom stereocenters. The van der Waals surface area contributed by atoms with Crippen LogP contribution in [0.1, 0.15) is 25.0 Å². The molecule has 2 N–H and O–H groups in total. The molecule has 0 aliphatic heterocycles. The van der Waals surface area contributed by atoms with Gasteiger partial charge in [0.15, 0.2) is 0 Å². The number of benzene rings is 2. The summed E-state index contributed by atoms with van der Waals surface area (Å²) in [5.41, 5.74) is 2.22. The van der Waals surface area contributed by atoms with Gasteiger partial charge in [-0.3, -0.25) is 0 Å². The fourth-order valence-electron chi connectivity index (χ4n) is 2.60. The second-order valence-electron chi connectivity index (χ2n) is 6.99. The molecular formula is C21H26IO4Tl. The zero-order valence-corrected chi connectivity index (χ0v) is 22.4. The molecule has 2 unspecified atom stereocenters. The van der Waals surface area contributed by atoms with Crippen LogP contribution in [-0.4, -0.2) is 65.8 Å². The molecule has 0 fully saturated rings. The van der Waals surface area contributed by atoms with E-state index >= 15 is 0 Å². The van der Waals surface area contributed by atoms with Crippen molar-refractivity contribution in [2.75, 3.05) is 17.6 Å². The Balaban J connectivity index is 2.04. The minimum atomic E-state index is -0.441. The Kier molecular flexibility index (Phi) is 9.30. The number of hydrogen-bond donors (Lipinski definition) is 2. The van der Waals surface area contributed by atoms with Crippen LogP contribution in [0.15, 0.2) is 48.5 Å². The maximum atomic E-state index is 9.65. The SMILES string of the molecule is CC(C)(c1ccc(OCC(O)CI)cc1)c1ccc(OCC(O)[CH2][Tl])cc1. The Morgan fingerprint density at radius 3 is 1.63 bits per heavy atom. The van der Waals surface area contributed by atoms with Crippen molar-refractivity contribution in [2.45, 2.75) is 35.5 Å². The van der Waals surface area contributed by atoms with Gasteiger partial charge in [-0.25, -0.2) is 0 Å². The first-order valence-electron chi connectivity index (χ1n) is 8.95. The summed E-state index contributed by atoms with van der Waals surface area (Å²) in [7, 11) is 0. The topological polar surface area (TPSA) is 58.9 Å². The van der Waals surface area contributed by atoms with Crippen LogP contribution in [-0.2, 0) is 5.41 Å². The van der Waals surface area contributed by atoms with Crippen LogP contribution in [0.25, 0.3) is 0 Å². The molecule has 4 nitrogen and oxygen atoms in total. The molecular weight excluding hydrogens is 648 g/mol. The van der Waals surface area contributed by atoms with Crippen LogP contribution in [0.4, 0.5) is 0 Å². The van der Waals surface area contributed by atoms with Crippen LogP contribution in [0.3, 0.4) is 0 Å². The number of hydrogen-bond acceptors (Lipinski definition) is 4. The van der Waals surface area contributed by atoms with E-state index in [9.17, 15) is 10.2 Å². The van der Waals surface area contributed by atoms with Crippen LogP contribution in [0, 0.1) is 0 Å². The molecule has 0 spiro atoms. The van der Waals surface area contributed by atoms with Gasteiger partial charge in [0.25, 0.3) is 0 Å². The van der Waals surface area contributed by atoms with E-state index in [2.05, 4.69) is 60.7 Å². The van der Waals surface area contributed by atoms with Crippen molar-refractivity contribution in [3.8, 4) is 11.5 Å². The predicted octanol–water partition coefficient (Wildman–Crippen LogP) is 3.51. The number of alkyl halides is 1. The van der Waals surface area contributed by atoms with Crippen molar-refractivity contribution >= 4 is 48.4 Å². The monoisotopic (exact) mass is 674 g/mol. The van der Waals surface area contributed by atoms with E-state index in [0.29, 0.717) is 17.6 Å². The summed E-state index contributed by atoms with van der Waals surface area (Å²) < 4.78 is 12.8. The van der Waals surface area contributed by atoms with Gasteiger partial charge in [-0.2, -0.15) is 0 Å². The van der Waals surface area contributed by atoms with Crippen LogP contribution >= 0.6 is 22.6 Å². The fourth-order valence-corrected chi connectivity index (χ4v) is 3.38. The average Bonchev–Trinajstić information content (AvgIpc) is 2.70. The van der Waals surface area contributed by atoms with Crippen molar-refractivity contribution in [1.82, 2.24) is 0 Å². The van der Waals surface area contributed by atoms with Gasteiger partial charge >= 0.3 is 137 Å². The van der Waals surface area contributed by atoms with E-state index < -0.39 is 6.10 Å². The van der Waals surface area contributed by atoms with E-state index in [4.69, 9.17) is 9.47 Å². The number of halogens is 1. The molecule has 0 radical (unpaired) electrons. The summed E-state index contributed by atoms with van der Waals surface area (Å²) in [6.07, 6.45) is -0.798. The Bertz CT molecular complexity index is 629. The minimum absolute atomic E-state index is 0.158. The van der Waals surface area contributed by atoms with E-state index in [0.717, 1.165) is 41.2 Å². The Labute approximate surface area is 191 Å². The van der Waals surface area contributed by atoms with Gasteiger partial charge in [0.1, 0.15) is 12.4 Å². The van der Waals surface area contributed by atoms with Gasteiger partial charge in [0.2, 0.25) is 0 Å². The predicted molar refractivity (Wildman–Crippen MR) is 117 cm³/mol. The zero-order chi connectivity index (χ0) is 19.9. The maximum absolute atomic E-state index is 9.65. The van der Waals surface area contributed by atoms with E-state index in [1.54, 1.807) is 0 Å². The molecule has 0 amide bonds. The van der Waals surface area contributed by atoms with Gasteiger partial charge < -0.3 is 9.84 Å². The third kappa shape index (κ3) is 6.86. The van der Waals surface area contributed by atoms with Crippen LogP contribution in [0.5, 0.6) is 11.5 Å². The van der Waals surface area contributed by atoms with Crippen molar-refractivity contribution in [3.05, 3.63) is 59.7 Å². The van der Waals surface area contributed by atoms with E-state index in [1.165, 1.54) is 11.1 Å². The molecule has 0 aliphatic carbocycles. The molecule has 27 heavy (non-hydrogen) atoms. The van der Waals surface area contributed by atoms with Crippen molar-refractivity contribution < 1.29 is 19.7 Å². The third-order valence-corrected chi connectivity index (χ3v) is 7.62. The van der Waals surface area contributed by atoms with Crippen LogP contribution < -0.4 is 9.47 Å². The molecule has 2 aromatic rings. The Morgan fingerprint density at radius 2 is 1.26 bits per heavy atom. The van der Waals surface area contributed by atoms with Crippen molar-refractivity contribution in [1.29, 1.82) is 0 Å². The summed E-state index contributed by atoms with van der Waals surface area (Å²) in [5, 5.41) is 19.3. The van der Waals surface area contributed by atoms with E-state index in [1.807, 2.05) is 24.3 Å². The number of aliphatic hydroxyl groups is 2. The summed E-state index contributed by atoms with van der Waals surface area (Å²) in [6, 6.07) is 16.1. The molecule has 2 rings (SSSR count). The van der Waals surface area contributed by atoms with Gasteiger partial charge in [-0.1, -0.05) is 22.6 Å². The summed E-state index contributed by atoms with van der Waals surface area (Å²) in [6.45, 7) is 5.03. The molecule has 0 heterocycles. The molecule has 0 aliphatic rings. The second-order valence-corrected chi connectivity index (χ2v) is 9.71. The Hall–Kier alpha value is -0.388. The first kappa shape index (κ1) is 22.9. The Morgan fingerprint density at radius 1 is 0.852 bits per heavy atom. The van der Waals surface area contributed by atoms with E-state index in [-0.39, 0.29) is 11.5 Å². The number of rotatable bonds is 10. The summed E-state index contributed by atoms with van der Waals surface area (Å²) in [4.78, 5) is 0. The van der Waals surface area contributed by atoms with Crippen molar-refractivity contribution in [3.63, 3.8) is 0 Å². The normalized spacial score (nSPS) is 13.8. The van der Waals surface area contributed by atoms with Crippen molar-refractivity contribution in [2.24, 2.45) is 0 Å². The fraction of sp³-hybridized carbons (Fsp3) is 0.429. The molecule has 0 saturated heterocycles. The number of aliphatic hydroxyl groups excluding tert-OH is 2. The molecule has 6 heteroatoms. The second kappa shape index (κ2) is 11.0. The number of ether oxygens (including phenoxy) is 2. The first-order valence-corrected chi connectivity index (χ1v) is 13.7. The zero-order valence-electron chi connectivity index (χ0n) is 15.8. The summed E-state index contributed by atoms with van der Waals surface area (Å²) >= 11 is 2.92. The average molecular weight is 674 g/mol. The quantitative estimate of drug-likeness (QED) is 0.231. The van der Waals surface area contributed by atoms with Gasteiger partial charge in [0.05, 0.1) is 6.10 Å². The molecule has 144 valence electrons. The standard InChI is InChI=1S/C21H26IO4.Tl/c1-15(23)13-25-19-8-4-16(5-9-19)21(2,3)17-6-10-20(11-7-17)26-14-18(24)12-22;/h4-11,15,18,23-24H,1,12-14H2,2-3H3;. The molecule has 0 aromatic heterocycles. The molecule has 0 bridgehead atoms. The van der Waals surface area contributed by atoms with Gasteiger partial charge in [-0.15, -0.1) is 0 Å². The summed E-state index contributed by atoms with van der Waals surface area (Å²) in [5.74, 6) is 1.55. The third-order valence-electron chi connectivity index (χ3n) is 4.49. The first-order chi connectivity index (χ1) is 12.9. The van der Waals surface area contributed by atoms with Crippen LogP contribution in [0.2, 0.25) is 3.98 Å². The molecule has 2 aromatic carbocycles. The van der Waals surface area contributed by atoms with Gasteiger partial charge in [0, 0.05) is 4.43 Å². The van der Waals surface area contributed by atoms with Gasteiger partial charge in [-0.05, 0) is 0 Å².